The minimum atomic E-state index is 0.435. The minimum Gasteiger partial charge on any atom is -0.360 e. The summed E-state index contributed by atoms with van der Waals surface area (Å²) in [6, 6.07) is 4.27. The predicted molar refractivity (Wildman–Crippen MR) is 125 cm³/mol. The Kier molecular flexibility index (Phi) is 7.69. The molecule has 1 saturated heterocycles. The Hall–Kier alpha value is -2.00. The van der Waals surface area contributed by atoms with Gasteiger partial charge in [0.05, 0.1) is 0 Å². The topological polar surface area (TPSA) is 78.9 Å². The second-order valence-electron chi connectivity index (χ2n) is 7.86. The zero-order valence-electron chi connectivity index (χ0n) is 17.2. The Morgan fingerprint density at radius 2 is 1.67 bits per heavy atom. The lowest BCUT2D eigenvalue weighted by Gasteiger charge is -2.28. The highest BCUT2D eigenvalue weighted by Crippen LogP contribution is 2.28. The molecule has 0 atom stereocenters. The van der Waals surface area contributed by atoms with E-state index in [4.69, 9.17) is 17.2 Å². The van der Waals surface area contributed by atoms with Crippen molar-refractivity contribution in [3.05, 3.63) is 24.5 Å². The molecule has 30 heavy (non-hydrogen) atoms. The van der Waals surface area contributed by atoms with Crippen LogP contribution in [0, 0.1) is 0 Å². The average Bonchev–Trinajstić information content (AvgIpc) is 3.03. The van der Waals surface area contributed by atoms with E-state index in [9.17, 15) is 0 Å². The molecule has 3 heterocycles. The fraction of sp³-hybridized carbons (Fsp3) is 0.571. The second-order valence-corrected chi connectivity index (χ2v) is 9.25. The van der Waals surface area contributed by atoms with Gasteiger partial charge in [0.15, 0.2) is 10.3 Å². The summed E-state index contributed by atoms with van der Waals surface area (Å²) in [5, 5.41) is 8.79. The van der Waals surface area contributed by atoms with Crippen LogP contribution in [0.25, 0.3) is 0 Å². The number of rotatable bonds is 5. The maximum atomic E-state index is 5.59. The van der Waals surface area contributed by atoms with E-state index in [-0.39, 0.29) is 0 Å². The molecule has 1 aliphatic carbocycles. The quantitative estimate of drug-likeness (QED) is 0.302. The zero-order valence-corrected chi connectivity index (χ0v) is 18.9. The van der Waals surface area contributed by atoms with E-state index in [1.165, 1.54) is 69.5 Å². The molecular formula is C21H29N7S2. The largest absolute Gasteiger partial charge is 0.360 e. The van der Waals surface area contributed by atoms with Crippen LogP contribution in [0.1, 0.15) is 57.8 Å². The van der Waals surface area contributed by atoms with Crippen molar-refractivity contribution in [1.82, 2.24) is 25.3 Å². The Morgan fingerprint density at radius 3 is 2.40 bits per heavy atom. The lowest BCUT2D eigenvalue weighted by Crippen LogP contribution is -2.38. The Morgan fingerprint density at radius 1 is 0.967 bits per heavy atom. The summed E-state index contributed by atoms with van der Waals surface area (Å²) in [6.07, 6.45) is 14.7. The summed E-state index contributed by atoms with van der Waals surface area (Å²) in [4.78, 5) is 20.4. The molecule has 1 aliphatic heterocycles. The molecule has 2 aliphatic rings. The van der Waals surface area contributed by atoms with Crippen LogP contribution in [0.4, 0.5) is 11.8 Å². The molecule has 2 fully saturated rings. The van der Waals surface area contributed by atoms with E-state index in [0.717, 1.165) is 23.9 Å². The van der Waals surface area contributed by atoms with Gasteiger partial charge in [-0.25, -0.2) is 15.0 Å². The van der Waals surface area contributed by atoms with Gasteiger partial charge in [-0.1, -0.05) is 25.7 Å². The van der Waals surface area contributed by atoms with E-state index in [0.29, 0.717) is 22.3 Å². The summed E-state index contributed by atoms with van der Waals surface area (Å²) >= 11 is 7.03. The number of hydrogen-bond acceptors (Lipinski definition) is 7. The Balaban J connectivity index is 1.49. The van der Waals surface area contributed by atoms with Crippen molar-refractivity contribution >= 4 is 40.9 Å². The Labute approximate surface area is 187 Å². The maximum Gasteiger partial charge on any atom is 0.232 e. The van der Waals surface area contributed by atoms with Crippen molar-refractivity contribution in [1.29, 1.82) is 0 Å². The minimum absolute atomic E-state index is 0.435. The first-order valence-corrected chi connectivity index (χ1v) is 12.2. The van der Waals surface area contributed by atoms with Gasteiger partial charge in [0.2, 0.25) is 5.95 Å². The molecule has 0 unspecified atom stereocenters. The highest BCUT2D eigenvalue weighted by atomic mass is 32.2. The highest BCUT2D eigenvalue weighted by molar-refractivity contribution is 7.99. The SMILES string of the molecule is S=C(Nc1nc(Sc2ncccn2)cc(N2CCCCC2)n1)NC1CCCCCC1. The van der Waals surface area contributed by atoms with Gasteiger partial charge in [0.25, 0.3) is 0 Å². The van der Waals surface area contributed by atoms with Crippen molar-refractivity contribution in [3.63, 3.8) is 0 Å². The monoisotopic (exact) mass is 443 g/mol. The van der Waals surface area contributed by atoms with Crippen LogP contribution in [0.5, 0.6) is 0 Å². The van der Waals surface area contributed by atoms with E-state index >= 15 is 0 Å². The van der Waals surface area contributed by atoms with Gasteiger partial charge in [-0.05, 0) is 62.2 Å². The first-order chi connectivity index (χ1) is 14.8. The third kappa shape index (κ3) is 6.25. The fourth-order valence-corrected chi connectivity index (χ4v) is 4.95. The highest BCUT2D eigenvalue weighted by Gasteiger charge is 2.17. The number of thiocarbonyl (C=S) groups is 1. The number of piperidine rings is 1. The molecule has 0 radical (unpaired) electrons. The number of nitrogens with zero attached hydrogens (tertiary/aromatic N) is 5. The molecule has 7 nitrogen and oxygen atoms in total. The standard InChI is InChI=1S/C21H29N7S2/c29-20(24-16-9-4-1-2-5-10-16)27-19-25-17(28-13-6-3-7-14-28)15-18(26-19)30-21-22-11-8-12-23-21/h8,11-12,15-16H,1-7,9-10,13-14H2,(H2,24,25,26,27,29). The fourth-order valence-electron chi connectivity index (χ4n) is 3.98. The third-order valence-corrected chi connectivity index (χ3v) is 6.55. The average molecular weight is 444 g/mol. The van der Waals surface area contributed by atoms with Crippen LogP contribution in [0.2, 0.25) is 0 Å². The number of anilines is 2. The van der Waals surface area contributed by atoms with Crippen LogP contribution in [-0.4, -0.2) is 44.2 Å². The van der Waals surface area contributed by atoms with E-state index < -0.39 is 0 Å². The Bertz CT molecular complexity index is 819. The predicted octanol–water partition coefficient (Wildman–Crippen LogP) is 4.42. The molecule has 0 amide bonds. The van der Waals surface area contributed by atoms with Crippen molar-refractivity contribution in [2.45, 2.75) is 74.0 Å². The zero-order chi connectivity index (χ0) is 20.6. The van der Waals surface area contributed by atoms with Gasteiger partial charge in [0, 0.05) is 37.6 Å². The van der Waals surface area contributed by atoms with Gasteiger partial charge < -0.3 is 15.5 Å². The van der Waals surface area contributed by atoms with Gasteiger partial charge in [-0.3, -0.25) is 0 Å². The van der Waals surface area contributed by atoms with Crippen LogP contribution >= 0.6 is 24.0 Å². The molecule has 0 aromatic carbocycles. The molecule has 1 saturated carbocycles. The summed E-state index contributed by atoms with van der Waals surface area (Å²) in [5.41, 5.74) is 0. The molecule has 9 heteroatoms. The molecule has 160 valence electrons. The summed E-state index contributed by atoms with van der Waals surface area (Å²) < 4.78 is 0. The van der Waals surface area contributed by atoms with Gasteiger partial charge in [-0.2, -0.15) is 4.98 Å². The molecule has 2 aromatic rings. The van der Waals surface area contributed by atoms with Crippen molar-refractivity contribution in [3.8, 4) is 0 Å². The van der Waals surface area contributed by atoms with E-state index in [1.807, 2.05) is 12.1 Å². The molecule has 2 N–H and O–H groups in total. The summed E-state index contributed by atoms with van der Waals surface area (Å²) in [7, 11) is 0. The van der Waals surface area contributed by atoms with Crippen molar-refractivity contribution in [2.24, 2.45) is 0 Å². The lowest BCUT2D eigenvalue weighted by molar-refractivity contribution is 0.535. The number of aromatic nitrogens is 4. The van der Waals surface area contributed by atoms with Gasteiger partial charge in [-0.15, -0.1) is 0 Å². The molecule has 2 aromatic heterocycles. The van der Waals surface area contributed by atoms with Crippen LogP contribution in [0.15, 0.2) is 34.7 Å². The maximum absolute atomic E-state index is 5.59. The van der Waals surface area contributed by atoms with Crippen LogP contribution < -0.4 is 15.5 Å². The van der Waals surface area contributed by atoms with Crippen LogP contribution in [0.3, 0.4) is 0 Å². The normalized spacial score (nSPS) is 17.9. The van der Waals surface area contributed by atoms with Gasteiger partial charge in [0.1, 0.15) is 10.8 Å². The molecule has 4 rings (SSSR count). The number of nitrogens with one attached hydrogen (secondary N) is 2. The van der Waals surface area contributed by atoms with Crippen molar-refractivity contribution in [2.75, 3.05) is 23.3 Å². The first-order valence-electron chi connectivity index (χ1n) is 10.9. The molecular weight excluding hydrogens is 414 g/mol. The summed E-state index contributed by atoms with van der Waals surface area (Å²) in [6.45, 7) is 2.04. The van der Waals surface area contributed by atoms with E-state index in [1.54, 1.807) is 12.4 Å². The van der Waals surface area contributed by atoms with Crippen molar-refractivity contribution < 1.29 is 0 Å². The van der Waals surface area contributed by atoms with Crippen LogP contribution in [-0.2, 0) is 0 Å². The third-order valence-electron chi connectivity index (χ3n) is 5.52. The molecule has 0 spiro atoms. The smallest absolute Gasteiger partial charge is 0.232 e. The summed E-state index contributed by atoms with van der Waals surface area (Å²) in [5.74, 6) is 1.46. The first kappa shape index (κ1) is 21.2. The molecule has 0 bridgehead atoms. The van der Waals surface area contributed by atoms with E-state index in [2.05, 4.69) is 30.5 Å². The number of hydrogen-bond donors (Lipinski definition) is 2. The second kappa shape index (κ2) is 10.9. The lowest BCUT2D eigenvalue weighted by atomic mass is 10.1. The van der Waals surface area contributed by atoms with Gasteiger partial charge >= 0.3 is 0 Å².